The largest absolute Gasteiger partial charge is 0.454 e. The first-order chi connectivity index (χ1) is 27.7. The first-order valence-corrected chi connectivity index (χ1v) is 19.9. The predicted octanol–water partition coefficient (Wildman–Crippen LogP) is 7.19. The van der Waals surface area contributed by atoms with Crippen LogP contribution in [0.25, 0.3) is 0 Å². The van der Waals surface area contributed by atoms with Crippen LogP contribution in [0.2, 0.25) is 0 Å². The van der Waals surface area contributed by atoms with Crippen molar-refractivity contribution < 1.29 is 57.0 Å². The highest BCUT2D eigenvalue weighted by Crippen LogP contribution is 2.37. The molecule has 3 aromatic rings. The van der Waals surface area contributed by atoms with Crippen molar-refractivity contribution in [1.82, 2.24) is 0 Å². The molecule has 0 spiro atoms. The minimum Gasteiger partial charge on any atom is -0.454 e. The van der Waals surface area contributed by atoms with Crippen LogP contribution in [0.1, 0.15) is 57.2 Å². The molecule has 13 nitrogen and oxygen atoms in total. The Hall–Kier alpha value is -3.63. The first-order valence-electron chi connectivity index (χ1n) is 18.8. The number of ether oxygens (including phenoxy) is 9. The fourth-order valence-electron chi connectivity index (χ4n) is 6.52. The molecule has 2 saturated heterocycles. The number of nitrogens with one attached hydrogen (secondary N) is 1. The number of hydrogen-bond donors (Lipinski definition) is 1. The van der Waals surface area contributed by atoms with Crippen LogP contribution in [-0.4, -0.2) is 88.8 Å². The Labute approximate surface area is 352 Å². The van der Waals surface area contributed by atoms with E-state index in [0.29, 0.717) is 0 Å². The summed E-state index contributed by atoms with van der Waals surface area (Å²) in [7, 11) is 0. The third-order valence-corrected chi connectivity index (χ3v) is 9.86. The number of carbonyl (C=O) groups is 3. The number of carbonyl (C=O) groups excluding carboxylic acids is 3. The van der Waals surface area contributed by atoms with E-state index in [-0.39, 0.29) is 38.4 Å². The third kappa shape index (κ3) is 13.2. The minimum absolute atomic E-state index is 0.0621. The van der Waals surface area contributed by atoms with Crippen LogP contribution in [0.4, 0.5) is 0 Å². The van der Waals surface area contributed by atoms with Crippen LogP contribution in [-0.2, 0) is 76.8 Å². The molecule has 10 atom stereocenters. The van der Waals surface area contributed by atoms with Crippen molar-refractivity contribution in [1.29, 1.82) is 5.41 Å². The Morgan fingerprint density at radius 2 is 1.02 bits per heavy atom. The lowest BCUT2D eigenvalue weighted by Gasteiger charge is -2.49. The second-order valence-corrected chi connectivity index (χ2v) is 16.3. The van der Waals surface area contributed by atoms with E-state index in [9.17, 15) is 14.4 Å². The van der Waals surface area contributed by atoms with E-state index in [1.807, 2.05) is 91.0 Å². The summed E-state index contributed by atoms with van der Waals surface area (Å²) in [5.74, 6) is -2.48. The standard InChI is InChI=1S/C42H48Cl3NO12/c1-25(47)20-21-32(49)56-37-35(52-24-31-18-12-7-13-19-31)33(50-22-29-14-8-5-9-15-29)26(2)53-39(37)57-36-34(51-23-30-16-10-6-11-17-30)27(3)54-40(38(36)55-28(4)48)58-41(46)42(43,44)45/h5-19,26-27,33-40,46H,20-24H2,1-4H3/t26?,27?,33-,34-,35?,36?,37-,38+,39-,40-/m0/s1. The fraction of sp³-hybridized carbons (Fsp3) is 0.476. The molecule has 16 heteroatoms. The van der Waals surface area contributed by atoms with Crippen LogP contribution in [0.3, 0.4) is 0 Å². The monoisotopic (exact) mass is 863 g/mol. The third-order valence-electron chi connectivity index (χ3n) is 9.34. The topological polar surface area (TPSA) is 158 Å². The van der Waals surface area contributed by atoms with Crippen molar-refractivity contribution in [3.05, 3.63) is 108 Å². The molecule has 0 bridgehead atoms. The zero-order valence-corrected chi connectivity index (χ0v) is 34.8. The van der Waals surface area contributed by atoms with Crippen LogP contribution in [0.15, 0.2) is 91.0 Å². The second-order valence-electron chi connectivity index (χ2n) is 14.0. The molecule has 3 aromatic carbocycles. The predicted molar refractivity (Wildman–Crippen MR) is 213 cm³/mol. The average Bonchev–Trinajstić information content (AvgIpc) is 3.18. The summed E-state index contributed by atoms with van der Waals surface area (Å²) in [6.07, 6.45) is -11.7. The van der Waals surface area contributed by atoms with Gasteiger partial charge in [0.1, 0.15) is 30.2 Å². The van der Waals surface area contributed by atoms with E-state index >= 15 is 0 Å². The molecule has 58 heavy (non-hydrogen) atoms. The molecular formula is C42H48Cl3NO12. The van der Waals surface area contributed by atoms with E-state index in [0.717, 1.165) is 16.7 Å². The minimum atomic E-state index is -2.29. The van der Waals surface area contributed by atoms with Gasteiger partial charge in [0.15, 0.2) is 18.5 Å². The van der Waals surface area contributed by atoms with Gasteiger partial charge in [-0.2, -0.15) is 0 Å². The maximum atomic E-state index is 13.5. The molecule has 2 aliphatic heterocycles. The van der Waals surface area contributed by atoms with Gasteiger partial charge in [-0.05, 0) is 37.5 Å². The molecule has 4 unspecified atom stereocenters. The van der Waals surface area contributed by atoms with Crippen molar-refractivity contribution in [3.8, 4) is 0 Å². The summed E-state index contributed by atoms with van der Waals surface area (Å²) in [6, 6.07) is 28.2. The molecule has 0 aromatic heterocycles. The molecule has 1 N–H and O–H groups in total. The normalized spacial score (nSPS) is 27.3. The van der Waals surface area contributed by atoms with E-state index in [4.69, 9.17) is 82.8 Å². The van der Waals surface area contributed by atoms with Gasteiger partial charge >= 0.3 is 11.9 Å². The van der Waals surface area contributed by atoms with Crippen molar-refractivity contribution in [2.24, 2.45) is 0 Å². The quantitative estimate of drug-likeness (QED) is 0.0631. The number of hydrogen-bond acceptors (Lipinski definition) is 13. The fourth-order valence-corrected chi connectivity index (χ4v) is 6.66. The van der Waals surface area contributed by atoms with Gasteiger partial charge in [0.05, 0.1) is 38.4 Å². The summed E-state index contributed by atoms with van der Waals surface area (Å²) in [4.78, 5) is 38.1. The highest BCUT2D eigenvalue weighted by molar-refractivity contribution is 6.76. The number of rotatable bonds is 17. The number of halogens is 3. The molecule has 0 aliphatic carbocycles. The van der Waals surface area contributed by atoms with E-state index in [1.54, 1.807) is 13.8 Å². The van der Waals surface area contributed by atoms with E-state index in [1.165, 1.54) is 13.8 Å². The van der Waals surface area contributed by atoms with Gasteiger partial charge in [-0.1, -0.05) is 126 Å². The van der Waals surface area contributed by atoms with Crippen LogP contribution in [0, 0.1) is 5.41 Å². The lowest BCUT2D eigenvalue weighted by molar-refractivity contribution is -0.359. The van der Waals surface area contributed by atoms with Crippen LogP contribution < -0.4 is 0 Å². The van der Waals surface area contributed by atoms with Gasteiger partial charge in [0.25, 0.3) is 3.79 Å². The van der Waals surface area contributed by atoms with Crippen LogP contribution >= 0.6 is 34.8 Å². The number of alkyl halides is 3. The first kappa shape index (κ1) is 45.5. The number of esters is 2. The van der Waals surface area contributed by atoms with Gasteiger partial charge in [-0.3, -0.25) is 15.0 Å². The van der Waals surface area contributed by atoms with E-state index < -0.39 is 83.0 Å². The molecule has 0 radical (unpaired) electrons. The maximum absolute atomic E-state index is 13.5. The zero-order valence-electron chi connectivity index (χ0n) is 32.5. The highest BCUT2D eigenvalue weighted by atomic mass is 35.6. The van der Waals surface area contributed by atoms with Crippen molar-refractivity contribution in [3.63, 3.8) is 0 Å². The summed E-state index contributed by atoms with van der Waals surface area (Å²) in [5, 5.41) is 8.30. The summed E-state index contributed by atoms with van der Waals surface area (Å²) in [5.41, 5.74) is 2.54. The second kappa shape index (κ2) is 21.6. The molecule has 2 fully saturated rings. The molecule has 2 aliphatic rings. The smallest absolute Gasteiger partial charge is 0.306 e. The highest BCUT2D eigenvalue weighted by Gasteiger charge is 2.55. The lowest BCUT2D eigenvalue weighted by Crippen LogP contribution is -2.65. The Morgan fingerprint density at radius 3 is 1.47 bits per heavy atom. The molecule has 0 saturated carbocycles. The zero-order chi connectivity index (χ0) is 41.8. The van der Waals surface area contributed by atoms with Crippen molar-refractivity contribution in [2.45, 2.75) is 126 Å². The Morgan fingerprint density at radius 1 is 0.586 bits per heavy atom. The molecular weight excluding hydrogens is 817 g/mol. The van der Waals surface area contributed by atoms with Crippen LogP contribution in [0.5, 0.6) is 0 Å². The summed E-state index contributed by atoms with van der Waals surface area (Å²) >= 11 is 17.9. The van der Waals surface area contributed by atoms with Crippen molar-refractivity contribution >= 4 is 58.4 Å². The summed E-state index contributed by atoms with van der Waals surface area (Å²) in [6.45, 7) is 6.36. The number of benzene rings is 3. The molecule has 5 rings (SSSR count). The SMILES string of the molecule is CC(=O)CCC(=O)O[C@H]1C(OCc2ccccc2)[C@@H](OCc2ccccc2)C(C)O[C@H]1OC1[C@@H](OCc2ccccc2)C(C)O[C@@H](OC(=N)C(Cl)(Cl)Cl)[C@@H]1OC(C)=O. The van der Waals surface area contributed by atoms with Gasteiger partial charge in [-0.25, -0.2) is 0 Å². The lowest BCUT2D eigenvalue weighted by atomic mass is 9.96. The Kier molecular flexibility index (Phi) is 16.9. The van der Waals surface area contributed by atoms with Gasteiger partial charge in [0, 0.05) is 13.3 Å². The number of ketones is 1. The van der Waals surface area contributed by atoms with E-state index in [2.05, 4.69) is 0 Å². The average molecular weight is 865 g/mol. The Bertz CT molecular complexity index is 1780. The van der Waals surface area contributed by atoms with Gasteiger partial charge in [-0.15, -0.1) is 0 Å². The van der Waals surface area contributed by atoms with Crippen molar-refractivity contribution in [2.75, 3.05) is 0 Å². The van der Waals surface area contributed by atoms with Gasteiger partial charge < -0.3 is 47.4 Å². The number of Topliss-reactive ketones (excluding diaryl/α,β-unsaturated/α-hetero) is 1. The summed E-state index contributed by atoms with van der Waals surface area (Å²) < 4.78 is 54.2. The molecule has 314 valence electrons. The molecule has 2 heterocycles. The maximum Gasteiger partial charge on any atom is 0.306 e. The molecule has 0 amide bonds. The Balaban J connectivity index is 1.55. The van der Waals surface area contributed by atoms with Gasteiger partial charge in [0.2, 0.25) is 12.2 Å².